The summed E-state index contributed by atoms with van der Waals surface area (Å²) in [5, 5.41) is -0.117. The number of fused-ring (bicyclic) bond motifs is 1. The second-order valence-corrected chi connectivity index (χ2v) is 8.34. The third-order valence-corrected chi connectivity index (χ3v) is 7.04. The lowest BCUT2D eigenvalue weighted by Crippen LogP contribution is -2.58. The van der Waals surface area contributed by atoms with E-state index in [9.17, 15) is 8.42 Å². The van der Waals surface area contributed by atoms with Gasteiger partial charge in [0.05, 0.1) is 18.0 Å². The van der Waals surface area contributed by atoms with Crippen LogP contribution in [-0.4, -0.2) is 57.5 Å². The van der Waals surface area contributed by atoms with E-state index in [0.717, 1.165) is 38.7 Å². The first-order valence-corrected chi connectivity index (χ1v) is 8.68. The van der Waals surface area contributed by atoms with Crippen molar-refractivity contribution in [3.05, 3.63) is 0 Å². The average molecular weight is 289 g/mol. The van der Waals surface area contributed by atoms with Gasteiger partial charge in [0, 0.05) is 32.2 Å². The van der Waals surface area contributed by atoms with Crippen LogP contribution in [0.4, 0.5) is 0 Å². The molecular formula is C13H23NO4S. The lowest BCUT2D eigenvalue weighted by atomic mass is 9.73. The topological polar surface area (TPSA) is 55.8 Å². The van der Waals surface area contributed by atoms with Gasteiger partial charge in [-0.15, -0.1) is 0 Å². The molecule has 0 bridgehead atoms. The largest absolute Gasteiger partial charge is 0.384 e. The van der Waals surface area contributed by atoms with Crippen molar-refractivity contribution in [3.63, 3.8) is 0 Å². The quantitative estimate of drug-likeness (QED) is 0.774. The van der Waals surface area contributed by atoms with Crippen LogP contribution in [0.5, 0.6) is 0 Å². The lowest BCUT2D eigenvalue weighted by molar-refractivity contribution is -0.137. The second kappa shape index (κ2) is 4.98. The first-order valence-electron chi connectivity index (χ1n) is 7.18. The SMILES string of the molecule is COC[C@]12CCCO[C@@H]1CCN(S(=O)(=O)C1CC1)C2. The fourth-order valence-corrected chi connectivity index (χ4v) is 5.49. The van der Waals surface area contributed by atoms with Crippen LogP contribution in [0.2, 0.25) is 0 Å². The molecule has 0 N–H and O–H groups in total. The van der Waals surface area contributed by atoms with Crippen LogP contribution in [0.3, 0.4) is 0 Å². The molecule has 0 amide bonds. The molecule has 1 saturated carbocycles. The summed E-state index contributed by atoms with van der Waals surface area (Å²) in [5.41, 5.74) is -0.132. The molecule has 19 heavy (non-hydrogen) atoms. The number of piperidine rings is 1. The second-order valence-electron chi connectivity index (χ2n) is 6.12. The van der Waals surface area contributed by atoms with Crippen molar-refractivity contribution < 1.29 is 17.9 Å². The van der Waals surface area contributed by atoms with E-state index in [1.54, 1.807) is 11.4 Å². The van der Waals surface area contributed by atoms with Gasteiger partial charge in [-0.2, -0.15) is 0 Å². The molecule has 3 aliphatic rings. The zero-order valence-electron chi connectivity index (χ0n) is 11.5. The molecule has 0 aromatic heterocycles. The van der Waals surface area contributed by atoms with Gasteiger partial charge in [0.15, 0.2) is 0 Å². The number of hydrogen-bond acceptors (Lipinski definition) is 4. The van der Waals surface area contributed by atoms with E-state index < -0.39 is 10.0 Å². The van der Waals surface area contributed by atoms with Crippen LogP contribution in [-0.2, 0) is 19.5 Å². The molecule has 5 nitrogen and oxygen atoms in total. The maximum atomic E-state index is 12.4. The molecule has 2 atom stereocenters. The van der Waals surface area contributed by atoms with Gasteiger partial charge >= 0.3 is 0 Å². The van der Waals surface area contributed by atoms with Crippen molar-refractivity contribution in [1.82, 2.24) is 4.31 Å². The highest BCUT2D eigenvalue weighted by atomic mass is 32.2. The Morgan fingerprint density at radius 2 is 2.16 bits per heavy atom. The van der Waals surface area contributed by atoms with Crippen LogP contribution in [0, 0.1) is 5.41 Å². The number of hydrogen-bond donors (Lipinski definition) is 0. The minimum absolute atomic E-state index is 0.117. The Hall–Kier alpha value is -0.170. The van der Waals surface area contributed by atoms with Gasteiger partial charge in [-0.05, 0) is 32.1 Å². The van der Waals surface area contributed by atoms with Crippen LogP contribution >= 0.6 is 0 Å². The minimum Gasteiger partial charge on any atom is -0.384 e. The fraction of sp³-hybridized carbons (Fsp3) is 1.00. The predicted octanol–water partition coefficient (Wildman–Crippen LogP) is 0.996. The smallest absolute Gasteiger partial charge is 0.217 e. The van der Waals surface area contributed by atoms with E-state index in [0.29, 0.717) is 19.7 Å². The number of sulfonamides is 1. The molecular weight excluding hydrogens is 266 g/mol. The summed E-state index contributed by atoms with van der Waals surface area (Å²) in [4.78, 5) is 0. The van der Waals surface area contributed by atoms with Crippen LogP contribution in [0.25, 0.3) is 0 Å². The molecule has 0 radical (unpaired) electrons. The Kier molecular flexibility index (Phi) is 3.62. The molecule has 2 aliphatic heterocycles. The van der Waals surface area contributed by atoms with Gasteiger partial charge in [-0.3, -0.25) is 0 Å². The van der Waals surface area contributed by atoms with E-state index in [-0.39, 0.29) is 16.8 Å². The molecule has 0 spiro atoms. The number of rotatable bonds is 4. The molecule has 110 valence electrons. The predicted molar refractivity (Wildman–Crippen MR) is 71.4 cm³/mol. The Balaban J connectivity index is 1.80. The standard InChI is InChI=1S/C13H23NO4S/c1-17-10-13-6-2-8-18-12(13)5-7-14(9-13)19(15,16)11-3-4-11/h11-12H,2-10H2,1H3/t12-,13-/m1/s1. The Bertz CT molecular complexity index is 430. The zero-order valence-corrected chi connectivity index (χ0v) is 12.3. The van der Waals surface area contributed by atoms with E-state index in [2.05, 4.69) is 0 Å². The highest BCUT2D eigenvalue weighted by Crippen LogP contribution is 2.43. The van der Waals surface area contributed by atoms with Crippen LogP contribution in [0.15, 0.2) is 0 Å². The van der Waals surface area contributed by atoms with E-state index in [1.165, 1.54) is 0 Å². The number of methoxy groups -OCH3 is 1. The van der Waals surface area contributed by atoms with Crippen LogP contribution in [0.1, 0.15) is 32.1 Å². The van der Waals surface area contributed by atoms with Gasteiger partial charge in [0.25, 0.3) is 0 Å². The summed E-state index contributed by atoms with van der Waals surface area (Å²) in [7, 11) is -1.38. The average Bonchev–Trinajstić information content (AvgIpc) is 3.22. The normalized spacial score (nSPS) is 37.0. The summed E-state index contributed by atoms with van der Waals surface area (Å²) in [5.74, 6) is 0. The van der Waals surface area contributed by atoms with Crippen LogP contribution < -0.4 is 0 Å². The first kappa shape index (κ1) is 13.8. The molecule has 1 aliphatic carbocycles. The van der Waals surface area contributed by atoms with Gasteiger partial charge in [-0.1, -0.05) is 0 Å². The molecule has 2 heterocycles. The molecule has 0 aromatic rings. The maximum Gasteiger partial charge on any atom is 0.217 e. The first-order chi connectivity index (χ1) is 9.08. The van der Waals surface area contributed by atoms with Crippen molar-refractivity contribution in [2.24, 2.45) is 5.41 Å². The number of ether oxygens (including phenoxy) is 2. The van der Waals surface area contributed by atoms with Crippen molar-refractivity contribution in [3.8, 4) is 0 Å². The molecule has 3 rings (SSSR count). The monoisotopic (exact) mass is 289 g/mol. The summed E-state index contributed by atoms with van der Waals surface area (Å²) >= 11 is 0. The van der Waals surface area contributed by atoms with Crippen molar-refractivity contribution in [2.75, 3.05) is 33.4 Å². The highest BCUT2D eigenvalue weighted by molar-refractivity contribution is 7.90. The van der Waals surface area contributed by atoms with Gasteiger partial charge in [0.1, 0.15) is 0 Å². The number of nitrogens with zero attached hydrogens (tertiary/aromatic N) is 1. The van der Waals surface area contributed by atoms with E-state index in [4.69, 9.17) is 9.47 Å². The molecule has 6 heteroatoms. The minimum atomic E-state index is -3.07. The maximum absolute atomic E-state index is 12.4. The van der Waals surface area contributed by atoms with Crippen molar-refractivity contribution in [2.45, 2.75) is 43.5 Å². The highest BCUT2D eigenvalue weighted by Gasteiger charge is 2.50. The van der Waals surface area contributed by atoms with E-state index in [1.807, 2.05) is 0 Å². The lowest BCUT2D eigenvalue weighted by Gasteiger charge is -2.49. The summed E-state index contributed by atoms with van der Waals surface area (Å²) in [6.07, 6.45) is 4.62. The Labute approximate surface area is 115 Å². The summed E-state index contributed by atoms with van der Waals surface area (Å²) < 4.78 is 37.8. The summed E-state index contributed by atoms with van der Waals surface area (Å²) in [6, 6.07) is 0. The van der Waals surface area contributed by atoms with Gasteiger partial charge in [-0.25, -0.2) is 12.7 Å². The molecule has 2 saturated heterocycles. The summed E-state index contributed by atoms with van der Waals surface area (Å²) in [6.45, 7) is 2.57. The van der Waals surface area contributed by atoms with Gasteiger partial charge in [0.2, 0.25) is 10.0 Å². The Morgan fingerprint density at radius 1 is 1.37 bits per heavy atom. The molecule has 0 unspecified atom stereocenters. The van der Waals surface area contributed by atoms with Crippen molar-refractivity contribution in [1.29, 1.82) is 0 Å². The Morgan fingerprint density at radius 3 is 2.84 bits per heavy atom. The molecule has 0 aromatic carbocycles. The third-order valence-electron chi connectivity index (χ3n) is 4.69. The molecule has 3 fully saturated rings. The zero-order chi connectivity index (χ0) is 13.5. The fourth-order valence-electron chi connectivity index (χ4n) is 3.54. The van der Waals surface area contributed by atoms with E-state index >= 15 is 0 Å². The van der Waals surface area contributed by atoms with Crippen molar-refractivity contribution >= 4 is 10.0 Å². The third kappa shape index (κ3) is 2.44. The van der Waals surface area contributed by atoms with Gasteiger partial charge < -0.3 is 9.47 Å².